The zero-order valence-electron chi connectivity index (χ0n) is 18.1. The van der Waals surface area contributed by atoms with Gasteiger partial charge >= 0.3 is 5.97 Å². The first-order valence-electron chi connectivity index (χ1n) is 10.3. The van der Waals surface area contributed by atoms with Gasteiger partial charge in [-0.2, -0.15) is 5.10 Å². The number of methoxy groups -OCH3 is 1. The Labute approximate surface area is 189 Å². The van der Waals surface area contributed by atoms with Gasteiger partial charge in [-0.3, -0.25) is 9.59 Å². The van der Waals surface area contributed by atoms with Crippen molar-refractivity contribution in [1.29, 1.82) is 0 Å². The second-order valence-electron chi connectivity index (χ2n) is 7.19. The van der Waals surface area contributed by atoms with Gasteiger partial charge < -0.3 is 14.2 Å². The van der Waals surface area contributed by atoms with Crippen molar-refractivity contribution >= 4 is 5.97 Å². The Bertz CT molecular complexity index is 1130. The van der Waals surface area contributed by atoms with E-state index in [-0.39, 0.29) is 43.0 Å². The Morgan fingerprint density at radius 2 is 1.67 bits per heavy atom. The molecule has 0 spiro atoms. The van der Waals surface area contributed by atoms with Gasteiger partial charge in [0, 0.05) is 24.8 Å². The van der Waals surface area contributed by atoms with Crippen LogP contribution in [-0.2, 0) is 32.0 Å². The van der Waals surface area contributed by atoms with Gasteiger partial charge in [0.05, 0.1) is 38.5 Å². The fourth-order valence-electron chi connectivity index (χ4n) is 3.11. The number of carbonyl (C=O) groups is 1. The molecule has 0 aliphatic carbocycles. The monoisotopic (exact) mass is 458 g/mol. The maximum absolute atomic E-state index is 13.6. The van der Waals surface area contributed by atoms with E-state index in [1.807, 2.05) is 0 Å². The third kappa shape index (κ3) is 7.58. The molecule has 9 heteroatoms. The molecule has 0 unspecified atom stereocenters. The number of rotatable bonds is 11. The molecule has 7 nitrogen and oxygen atoms in total. The maximum Gasteiger partial charge on any atom is 0.310 e. The van der Waals surface area contributed by atoms with E-state index in [2.05, 4.69) is 5.10 Å². The van der Waals surface area contributed by atoms with E-state index in [0.717, 1.165) is 23.8 Å². The predicted molar refractivity (Wildman–Crippen MR) is 117 cm³/mol. The topological polar surface area (TPSA) is 79.7 Å². The van der Waals surface area contributed by atoms with Gasteiger partial charge in [0.2, 0.25) is 0 Å². The molecule has 0 N–H and O–H groups in total. The van der Waals surface area contributed by atoms with Crippen molar-refractivity contribution in [2.24, 2.45) is 0 Å². The summed E-state index contributed by atoms with van der Waals surface area (Å²) < 4.78 is 43.6. The maximum atomic E-state index is 13.6. The van der Waals surface area contributed by atoms with E-state index >= 15 is 0 Å². The van der Waals surface area contributed by atoms with Crippen molar-refractivity contribution in [3.05, 3.63) is 87.7 Å². The molecule has 0 fully saturated rings. The first-order valence-corrected chi connectivity index (χ1v) is 10.3. The van der Waals surface area contributed by atoms with Crippen molar-refractivity contribution < 1.29 is 27.8 Å². The van der Waals surface area contributed by atoms with E-state index in [4.69, 9.17) is 14.2 Å². The molecule has 0 aliphatic rings. The number of halogens is 2. The molecule has 3 rings (SSSR count). The van der Waals surface area contributed by atoms with Crippen molar-refractivity contribution in [2.75, 3.05) is 33.5 Å². The highest BCUT2D eigenvalue weighted by molar-refractivity contribution is 5.72. The predicted octanol–water partition coefficient (Wildman–Crippen LogP) is 2.99. The van der Waals surface area contributed by atoms with Crippen molar-refractivity contribution in [3.63, 3.8) is 0 Å². The highest BCUT2D eigenvalue weighted by Gasteiger charge is 2.09. The standard InChI is InChI=1S/C24H24F2N2O5/c1-31-7-8-32-9-10-33-24(30)12-17-3-2-4-18(11-17)16-28-23(29)6-5-22(27-28)19-13-20(25)15-21(26)14-19/h2-6,11,13-15H,7-10,12,16H2,1H3. The van der Waals surface area contributed by atoms with Gasteiger partial charge in [0.25, 0.3) is 5.56 Å². The number of aromatic nitrogens is 2. The second-order valence-corrected chi connectivity index (χ2v) is 7.19. The number of carbonyl (C=O) groups excluding carboxylic acids is 1. The lowest BCUT2D eigenvalue weighted by Crippen LogP contribution is -2.23. The Morgan fingerprint density at radius 3 is 2.42 bits per heavy atom. The molecular formula is C24H24F2N2O5. The molecule has 33 heavy (non-hydrogen) atoms. The highest BCUT2D eigenvalue weighted by Crippen LogP contribution is 2.19. The number of nitrogens with zero attached hydrogens (tertiary/aromatic N) is 2. The fourth-order valence-corrected chi connectivity index (χ4v) is 3.11. The molecule has 1 heterocycles. The molecule has 0 atom stereocenters. The van der Waals surface area contributed by atoms with E-state index < -0.39 is 17.6 Å². The number of esters is 1. The number of benzene rings is 2. The number of ether oxygens (including phenoxy) is 3. The molecule has 1 aromatic heterocycles. The van der Waals surface area contributed by atoms with Gasteiger partial charge in [-0.05, 0) is 29.3 Å². The van der Waals surface area contributed by atoms with Crippen molar-refractivity contribution in [2.45, 2.75) is 13.0 Å². The van der Waals surface area contributed by atoms with Gasteiger partial charge in [0.1, 0.15) is 18.2 Å². The summed E-state index contributed by atoms with van der Waals surface area (Å²) >= 11 is 0. The number of hydrogen-bond acceptors (Lipinski definition) is 6. The van der Waals surface area contributed by atoms with Crippen LogP contribution in [0.25, 0.3) is 11.3 Å². The molecular weight excluding hydrogens is 434 g/mol. The second kappa shape index (κ2) is 12.0. The van der Waals surface area contributed by atoms with Crippen LogP contribution >= 0.6 is 0 Å². The van der Waals surface area contributed by atoms with Gasteiger partial charge in [-0.1, -0.05) is 24.3 Å². The van der Waals surface area contributed by atoms with Crippen LogP contribution in [0.2, 0.25) is 0 Å². The lowest BCUT2D eigenvalue weighted by atomic mass is 10.1. The van der Waals surface area contributed by atoms with E-state index in [9.17, 15) is 18.4 Å². The fraction of sp³-hybridized carbons (Fsp3) is 0.292. The van der Waals surface area contributed by atoms with Crippen LogP contribution in [0.15, 0.2) is 59.4 Å². The smallest absolute Gasteiger partial charge is 0.310 e. The van der Waals surface area contributed by atoms with Crippen LogP contribution in [0, 0.1) is 11.6 Å². The average molecular weight is 458 g/mol. The van der Waals surface area contributed by atoms with Crippen LogP contribution in [0.3, 0.4) is 0 Å². The lowest BCUT2D eigenvalue weighted by molar-refractivity contribution is -0.144. The van der Waals surface area contributed by atoms with Gasteiger partial charge in [-0.15, -0.1) is 0 Å². The zero-order chi connectivity index (χ0) is 23.6. The molecule has 174 valence electrons. The summed E-state index contributed by atoms with van der Waals surface area (Å²) in [6.07, 6.45) is 0.0663. The molecule has 2 aromatic carbocycles. The summed E-state index contributed by atoms with van der Waals surface area (Å²) in [4.78, 5) is 24.3. The van der Waals surface area contributed by atoms with Crippen molar-refractivity contribution in [1.82, 2.24) is 9.78 Å². The normalized spacial score (nSPS) is 10.9. The summed E-state index contributed by atoms with van der Waals surface area (Å²) in [5.41, 5.74) is 1.58. The summed E-state index contributed by atoms with van der Waals surface area (Å²) in [6, 6.07) is 12.9. The Hall–Kier alpha value is -3.43. The quantitative estimate of drug-likeness (QED) is 0.325. The van der Waals surface area contributed by atoms with Crippen LogP contribution in [-0.4, -0.2) is 49.3 Å². The molecule has 0 radical (unpaired) electrons. The first-order chi connectivity index (χ1) is 15.9. The molecule has 0 saturated heterocycles. The van der Waals surface area contributed by atoms with E-state index in [1.165, 1.54) is 16.8 Å². The van der Waals surface area contributed by atoms with Crippen molar-refractivity contribution in [3.8, 4) is 11.3 Å². The molecule has 0 bridgehead atoms. The summed E-state index contributed by atoms with van der Waals surface area (Å²) in [7, 11) is 1.58. The minimum absolute atomic E-state index is 0.0663. The summed E-state index contributed by atoms with van der Waals surface area (Å²) in [5, 5.41) is 4.24. The average Bonchev–Trinajstić information content (AvgIpc) is 2.77. The van der Waals surface area contributed by atoms with E-state index in [0.29, 0.717) is 18.8 Å². The SMILES string of the molecule is COCCOCCOC(=O)Cc1cccc(Cn2nc(-c3cc(F)cc(F)c3)ccc2=O)c1. The molecule has 0 amide bonds. The Kier molecular flexibility index (Phi) is 8.79. The third-order valence-electron chi connectivity index (χ3n) is 4.62. The number of hydrogen-bond donors (Lipinski definition) is 0. The van der Waals surface area contributed by atoms with Gasteiger partial charge in [-0.25, -0.2) is 13.5 Å². The minimum Gasteiger partial charge on any atom is -0.463 e. The lowest BCUT2D eigenvalue weighted by Gasteiger charge is -2.10. The third-order valence-corrected chi connectivity index (χ3v) is 4.62. The van der Waals surface area contributed by atoms with Crippen LogP contribution in [0.1, 0.15) is 11.1 Å². The molecule has 0 aliphatic heterocycles. The largest absolute Gasteiger partial charge is 0.463 e. The Morgan fingerprint density at radius 1 is 0.939 bits per heavy atom. The van der Waals surface area contributed by atoms with Crippen LogP contribution in [0.4, 0.5) is 8.78 Å². The van der Waals surface area contributed by atoms with Crippen LogP contribution in [0.5, 0.6) is 0 Å². The van der Waals surface area contributed by atoms with E-state index in [1.54, 1.807) is 31.4 Å². The zero-order valence-corrected chi connectivity index (χ0v) is 18.1. The highest BCUT2D eigenvalue weighted by atomic mass is 19.1. The van der Waals surface area contributed by atoms with Gasteiger partial charge in [0.15, 0.2) is 0 Å². The summed E-state index contributed by atoms with van der Waals surface area (Å²) in [6.45, 7) is 1.46. The summed E-state index contributed by atoms with van der Waals surface area (Å²) in [5.74, 6) is -1.86. The molecule has 0 saturated carbocycles. The van der Waals surface area contributed by atoms with Crippen LogP contribution < -0.4 is 5.56 Å². The Balaban J connectivity index is 1.64. The first kappa shape index (κ1) is 24.2. The molecule has 3 aromatic rings. The minimum atomic E-state index is -0.731.